The van der Waals surface area contributed by atoms with Gasteiger partial charge in [-0.2, -0.15) is 0 Å². The van der Waals surface area contributed by atoms with Gasteiger partial charge < -0.3 is 15.0 Å². The van der Waals surface area contributed by atoms with Crippen LogP contribution in [0.25, 0.3) is 0 Å². The number of nitrogens with one attached hydrogen (secondary N) is 2. The van der Waals surface area contributed by atoms with Gasteiger partial charge >= 0.3 is 6.09 Å². The van der Waals surface area contributed by atoms with Crippen LogP contribution in [0.2, 0.25) is 0 Å². The maximum absolute atomic E-state index is 12.0. The third-order valence-electron chi connectivity index (χ3n) is 4.20. The Morgan fingerprint density at radius 3 is 2.28 bits per heavy atom. The van der Waals surface area contributed by atoms with Gasteiger partial charge in [-0.25, -0.2) is 4.79 Å². The van der Waals surface area contributed by atoms with E-state index in [0.717, 1.165) is 19.3 Å². The van der Waals surface area contributed by atoms with Crippen LogP contribution in [0.1, 0.15) is 47.0 Å². The fourth-order valence-electron chi connectivity index (χ4n) is 3.15. The Bertz CT molecular complexity index is 347. The van der Waals surface area contributed by atoms with Crippen LogP contribution in [0.5, 0.6) is 0 Å². The zero-order valence-electron chi connectivity index (χ0n) is 11.4. The summed E-state index contributed by atoms with van der Waals surface area (Å²) < 4.78 is 14.9. The molecule has 18 heavy (non-hydrogen) atoms. The summed E-state index contributed by atoms with van der Waals surface area (Å²) in [6, 6.07) is 0.162. The van der Waals surface area contributed by atoms with E-state index in [1.165, 1.54) is 0 Å². The third kappa shape index (κ3) is 2.21. The molecule has 104 valence electrons. The smallest absolute Gasteiger partial charge is 0.405 e. The van der Waals surface area contributed by atoms with Gasteiger partial charge in [0.15, 0.2) is 0 Å². The number of hydrogen-bond acceptors (Lipinski definition) is 3. The number of carboxylic acid groups (broad SMARTS) is 1. The lowest BCUT2D eigenvalue weighted by Crippen LogP contribution is -2.79. The minimum atomic E-state index is -1.07. The summed E-state index contributed by atoms with van der Waals surface area (Å²) in [4.78, 5) is 10.6. The Hall–Kier alpha value is -0.460. The van der Waals surface area contributed by atoms with Crippen molar-refractivity contribution in [3.63, 3.8) is 0 Å². The molecule has 0 aromatic heterocycles. The zero-order valence-corrected chi connectivity index (χ0v) is 12.2. The van der Waals surface area contributed by atoms with Crippen LogP contribution in [0.3, 0.4) is 0 Å². The topological polar surface area (TPSA) is 84.4 Å². The predicted molar refractivity (Wildman–Crippen MR) is 70.7 cm³/mol. The maximum Gasteiger partial charge on any atom is 0.405 e. The van der Waals surface area contributed by atoms with E-state index in [-0.39, 0.29) is 21.7 Å². The van der Waals surface area contributed by atoms with E-state index in [0.29, 0.717) is 0 Å². The molecule has 6 heteroatoms. The lowest BCUT2D eigenvalue weighted by Gasteiger charge is -2.72. The van der Waals surface area contributed by atoms with E-state index in [1.807, 2.05) is 27.7 Å². The van der Waals surface area contributed by atoms with Crippen molar-refractivity contribution in [3.05, 3.63) is 0 Å². The van der Waals surface area contributed by atoms with Crippen molar-refractivity contribution in [2.45, 2.75) is 63.3 Å². The number of amides is 1. The Kier molecular flexibility index (Phi) is 3.11. The molecule has 3 aliphatic rings. The van der Waals surface area contributed by atoms with Crippen molar-refractivity contribution in [1.29, 1.82) is 0 Å². The van der Waals surface area contributed by atoms with Crippen LogP contribution >= 0.6 is 0 Å². The molecule has 3 saturated carbocycles. The monoisotopic (exact) mass is 274 g/mol. The van der Waals surface area contributed by atoms with Gasteiger partial charge in [0.25, 0.3) is 0 Å². The first kappa shape index (κ1) is 14.0. The molecule has 0 spiro atoms. The quantitative estimate of drug-likeness (QED) is 0.680. The minimum Gasteiger partial charge on any atom is -0.598 e. The van der Waals surface area contributed by atoms with Crippen molar-refractivity contribution >= 4 is 17.5 Å². The first-order valence-corrected chi connectivity index (χ1v) is 7.43. The van der Waals surface area contributed by atoms with Crippen molar-refractivity contribution in [2.75, 3.05) is 0 Å². The van der Waals surface area contributed by atoms with Crippen molar-refractivity contribution in [2.24, 2.45) is 5.41 Å². The summed E-state index contributed by atoms with van der Waals surface area (Å²) >= 11 is -1.07. The third-order valence-corrected chi connectivity index (χ3v) is 5.88. The summed E-state index contributed by atoms with van der Waals surface area (Å²) in [7, 11) is 0. The molecule has 0 radical (unpaired) electrons. The summed E-state index contributed by atoms with van der Waals surface area (Å²) in [5.74, 6) is 0. The highest BCUT2D eigenvalue weighted by Gasteiger charge is 2.71. The summed E-state index contributed by atoms with van der Waals surface area (Å²) in [6.45, 7) is 7.88. The Balaban J connectivity index is 1.84. The molecule has 5 nitrogen and oxygen atoms in total. The second-order valence-electron chi connectivity index (χ2n) is 6.82. The molecule has 1 amide bonds. The van der Waals surface area contributed by atoms with Crippen LogP contribution in [0.4, 0.5) is 4.79 Å². The molecule has 3 rings (SSSR count). The zero-order chi connectivity index (χ0) is 13.8. The highest BCUT2D eigenvalue weighted by Crippen LogP contribution is 2.68. The van der Waals surface area contributed by atoms with Gasteiger partial charge in [0.05, 0.1) is 6.04 Å². The number of carbonyl (C=O) groups is 1. The van der Waals surface area contributed by atoms with Crippen molar-refractivity contribution < 1.29 is 14.5 Å². The SMILES string of the molecule is C[C@@H](N[S+]([O-])C(C)(C)C)C12CC(NC(=O)O)(C1)C2. The van der Waals surface area contributed by atoms with E-state index < -0.39 is 17.5 Å². The minimum absolute atomic E-state index is 0.142. The molecule has 3 aliphatic carbocycles. The van der Waals surface area contributed by atoms with Crippen LogP contribution in [0.15, 0.2) is 0 Å². The van der Waals surface area contributed by atoms with E-state index in [2.05, 4.69) is 10.0 Å². The maximum atomic E-state index is 12.0. The predicted octanol–water partition coefficient (Wildman–Crippen LogP) is 1.62. The lowest BCUT2D eigenvalue weighted by atomic mass is 9.37. The fraction of sp³-hybridized carbons (Fsp3) is 0.917. The molecular weight excluding hydrogens is 252 g/mol. The average molecular weight is 274 g/mol. The van der Waals surface area contributed by atoms with E-state index in [9.17, 15) is 9.35 Å². The standard InChI is InChI=1S/C12H22N2O3S/c1-8(14-18(17)10(2,3)4)11-5-12(6-11,7-11)13-9(15)16/h8,13-14H,5-7H2,1-4H3,(H,15,16)/t8-,11?,12?,18?/m1/s1. The van der Waals surface area contributed by atoms with Gasteiger partial charge in [-0.3, -0.25) is 0 Å². The molecule has 0 saturated heterocycles. The second-order valence-corrected chi connectivity index (χ2v) is 8.82. The fourth-order valence-corrected chi connectivity index (χ4v) is 4.07. The molecule has 3 N–H and O–H groups in total. The Labute approximate surface area is 111 Å². The van der Waals surface area contributed by atoms with Gasteiger partial charge in [-0.15, -0.1) is 4.72 Å². The summed E-state index contributed by atoms with van der Waals surface area (Å²) in [6.07, 6.45) is 1.65. The number of rotatable bonds is 4. The molecule has 2 atom stereocenters. The van der Waals surface area contributed by atoms with E-state index in [1.54, 1.807) is 0 Å². The largest absolute Gasteiger partial charge is 0.598 e. The molecule has 0 heterocycles. The van der Waals surface area contributed by atoms with E-state index >= 15 is 0 Å². The molecule has 0 aromatic carbocycles. The molecule has 0 aliphatic heterocycles. The van der Waals surface area contributed by atoms with Crippen molar-refractivity contribution in [1.82, 2.24) is 10.0 Å². The van der Waals surface area contributed by atoms with Crippen LogP contribution in [-0.2, 0) is 11.4 Å². The Morgan fingerprint density at radius 1 is 1.39 bits per heavy atom. The van der Waals surface area contributed by atoms with E-state index in [4.69, 9.17) is 5.11 Å². The van der Waals surface area contributed by atoms with Gasteiger partial charge in [-0.1, -0.05) is 0 Å². The molecule has 1 unspecified atom stereocenters. The molecule has 3 fully saturated rings. The highest BCUT2D eigenvalue weighted by molar-refractivity contribution is 7.90. The summed E-state index contributed by atoms with van der Waals surface area (Å²) in [5.41, 5.74) is -0.0473. The van der Waals surface area contributed by atoms with Crippen LogP contribution in [0, 0.1) is 5.41 Å². The van der Waals surface area contributed by atoms with Gasteiger partial charge in [0.1, 0.15) is 4.75 Å². The van der Waals surface area contributed by atoms with Gasteiger partial charge in [0, 0.05) is 16.9 Å². The first-order chi connectivity index (χ1) is 8.09. The molecule has 2 bridgehead atoms. The second kappa shape index (κ2) is 4.02. The first-order valence-electron chi connectivity index (χ1n) is 6.28. The van der Waals surface area contributed by atoms with Gasteiger partial charge in [0.2, 0.25) is 0 Å². The lowest BCUT2D eigenvalue weighted by molar-refractivity contribution is -0.163. The summed E-state index contributed by atoms with van der Waals surface area (Å²) in [5, 5.41) is 11.3. The Morgan fingerprint density at radius 2 is 1.89 bits per heavy atom. The van der Waals surface area contributed by atoms with Crippen LogP contribution in [-0.4, -0.2) is 32.1 Å². The van der Waals surface area contributed by atoms with Gasteiger partial charge in [-0.05, 0) is 52.4 Å². The molecular formula is C12H22N2O3S. The van der Waals surface area contributed by atoms with Crippen LogP contribution < -0.4 is 10.0 Å². The number of hydrogen-bond donors (Lipinski definition) is 3. The molecule has 0 aromatic rings. The highest BCUT2D eigenvalue weighted by atomic mass is 32.2. The van der Waals surface area contributed by atoms with Crippen molar-refractivity contribution in [3.8, 4) is 0 Å². The average Bonchev–Trinajstić information content (AvgIpc) is 2.06. The normalized spacial score (nSPS) is 37.2.